The summed E-state index contributed by atoms with van der Waals surface area (Å²) in [6.45, 7) is 3.55. The minimum absolute atomic E-state index is 0.232. The van der Waals surface area contributed by atoms with Crippen molar-refractivity contribution in [3.63, 3.8) is 0 Å². The Kier molecular flexibility index (Phi) is 8.58. The Morgan fingerprint density at radius 2 is 1.49 bits per heavy atom. The number of carbonyl (C=O) groups excluding carboxylic acids is 5. The molecule has 2 aliphatic rings. The first-order valence-corrected chi connectivity index (χ1v) is 11.3. The Morgan fingerprint density at radius 1 is 0.923 bits per heavy atom. The summed E-state index contributed by atoms with van der Waals surface area (Å²) in [5.74, 6) is -3.90. The van der Waals surface area contributed by atoms with Gasteiger partial charge in [0.05, 0.1) is 5.56 Å². The molecule has 1 aromatic carbocycles. The number of carbonyl (C=O) groups is 5. The molecule has 2 aliphatic heterocycles. The molecule has 1 aromatic rings. The van der Waals surface area contributed by atoms with E-state index in [1.165, 1.54) is 0 Å². The van der Waals surface area contributed by atoms with Gasteiger partial charge in [0, 0.05) is 33.3 Å². The zero-order valence-electron chi connectivity index (χ0n) is 20.9. The summed E-state index contributed by atoms with van der Waals surface area (Å²) in [5, 5.41) is 6.22. The maximum Gasteiger partial charge on any atom is 0.442 e. The molecule has 1 fully saturated rings. The third kappa shape index (κ3) is 6.68. The summed E-state index contributed by atoms with van der Waals surface area (Å²) in [7, 11) is 0. The van der Waals surface area contributed by atoms with E-state index in [9.17, 15) is 37.1 Å². The van der Waals surface area contributed by atoms with Crippen LogP contribution < -0.4 is 4.74 Å². The van der Waals surface area contributed by atoms with Crippen molar-refractivity contribution in [2.75, 3.05) is 6.61 Å². The zero-order valence-corrected chi connectivity index (χ0v) is 20.9. The van der Waals surface area contributed by atoms with E-state index in [1.807, 2.05) is 0 Å². The summed E-state index contributed by atoms with van der Waals surface area (Å²) < 4.78 is 72.9. The van der Waals surface area contributed by atoms with Crippen molar-refractivity contribution in [1.82, 2.24) is 0 Å². The van der Waals surface area contributed by atoms with Gasteiger partial charge >= 0.3 is 35.7 Å². The van der Waals surface area contributed by atoms with Crippen LogP contribution in [0.3, 0.4) is 0 Å². The molecular formula is C23H23F3N2O11. The van der Waals surface area contributed by atoms with Gasteiger partial charge in [-0.2, -0.15) is 13.2 Å². The van der Waals surface area contributed by atoms with Gasteiger partial charge < -0.3 is 28.4 Å². The lowest BCUT2D eigenvalue weighted by atomic mass is 9.97. The van der Waals surface area contributed by atoms with Gasteiger partial charge in [0.1, 0.15) is 18.5 Å². The Morgan fingerprint density at radius 3 is 1.97 bits per heavy atom. The summed E-state index contributed by atoms with van der Waals surface area (Å²) in [5.41, 5.74) is -3.57. The second-order valence-corrected chi connectivity index (χ2v) is 8.43. The van der Waals surface area contributed by atoms with E-state index in [2.05, 4.69) is 10.2 Å². The highest BCUT2D eigenvalue weighted by molar-refractivity contribution is 5.79. The highest BCUT2D eigenvalue weighted by atomic mass is 19.4. The van der Waals surface area contributed by atoms with Crippen LogP contribution in [0, 0.1) is 0 Å². The van der Waals surface area contributed by atoms with Crippen LogP contribution in [0.4, 0.5) is 13.2 Å². The van der Waals surface area contributed by atoms with Gasteiger partial charge in [0.25, 0.3) is 0 Å². The van der Waals surface area contributed by atoms with E-state index in [-0.39, 0.29) is 11.8 Å². The van der Waals surface area contributed by atoms with Gasteiger partial charge in [0.15, 0.2) is 18.5 Å². The van der Waals surface area contributed by atoms with Crippen LogP contribution >= 0.6 is 0 Å². The third-order valence-electron chi connectivity index (χ3n) is 5.43. The molecule has 0 aliphatic carbocycles. The van der Waals surface area contributed by atoms with E-state index in [0.29, 0.717) is 0 Å². The van der Waals surface area contributed by atoms with Crippen LogP contribution in [-0.2, 0) is 48.5 Å². The van der Waals surface area contributed by atoms with Crippen molar-refractivity contribution in [2.45, 2.75) is 70.2 Å². The predicted octanol–water partition coefficient (Wildman–Crippen LogP) is 2.14. The minimum atomic E-state index is -4.89. The van der Waals surface area contributed by atoms with E-state index >= 15 is 0 Å². The largest absolute Gasteiger partial charge is 0.463 e. The SMILES string of the molecule is CC(=O)OC[C@H]1O[C@@H](Oc2cc(C3(C(F)(F)F)N=N3)ccc2C=O)[C@H](OC(C)=O)[C@@H](OC(C)=O)[C@@H]1OC(C)=O. The smallest absolute Gasteiger partial charge is 0.442 e. The van der Waals surface area contributed by atoms with Crippen LogP contribution in [0.5, 0.6) is 5.75 Å². The van der Waals surface area contributed by atoms with Crippen molar-refractivity contribution in [2.24, 2.45) is 10.2 Å². The van der Waals surface area contributed by atoms with Crippen LogP contribution in [0.1, 0.15) is 43.6 Å². The molecule has 0 spiro atoms. The summed E-state index contributed by atoms with van der Waals surface area (Å²) in [4.78, 5) is 58.8. The topological polar surface area (TPSA) is 165 Å². The number of ether oxygens (including phenoxy) is 6. The first-order chi connectivity index (χ1) is 18.2. The molecule has 0 N–H and O–H groups in total. The average Bonchev–Trinajstić information content (AvgIpc) is 3.63. The molecule has 39 heavy (non-hydrogen) atoms. The van der Waals surface area contributed by atoms with Gasteiger partial charge in [-0.15, -0.1) is 10.2 Å². The van der Waals surface area contributed by atoms with Crippen LogP contribution in [-0.4, -0.2) is 73.7 Å². The zero-order chi connectivity index (χ0) is 29.1. The first kappa shape index (κ1) is 29.5. The van der Waals surface area contributed by atoms with Gasteiger partial charge in [-0.1, -0.05) is 6.07 Å². The second kappa shape index (κ2) is 11.3. The van der Waals surface area contributed by atoms with Crippen molar-refractivity contribution in [3.8, 4) is 5.75 Å². The predicted molar refractivity (Wildman–Crippen MR) is 117 cm³/mol. The van der Waals surface area contributed by atoms with Crippen LogP contribution in [0.2, 0.25) is 0 Å². The first-order valence-electron chi connectivity index (χ1n) is 11.3. The summed E-state index contributed by atoms with van der Waals surface area (Å²) >= 11 is 0. The van der Waals surface area contributed by atoms with E-state index in [4.69, 9.17) is 28.4 Å². The molecule has 5 atom stereocenters. The standard InChI is InChI=1S/C23H23F3N2O11/c1-10(30)34-9-17-18(35-11(2)31)19(36-12(3)32)20(37-13(4)33)21(39-17)38-16-7-15(6-5-14(16)8-29)22(27-28-22)23(24,25)26/h5-8,17-21H,9H2,1-4H3/t17-,18-,19+,20-,21-/m1/s1. The quantitative estimate of drug-likeness (QED) is 0.247. The molecule has 3 rings (SSSR count). The number of benzene rings is 1. The third-order valence-corrected chi connectivity index (χ3v) is 5.43. The fourth-order valence-corrected chi connectivity index (χ4v) is 3.80. The Bertz CT molecular complexity index is 1180. The molecule has 2 heterocycles. The molecule has 16 heteroatoms. The number of halogens is 3. The molecular weight excluding hydrogens is 537 g/mol. The molecule has 0 bridgehead atoms. The van der Waals surface area contributed by atoms with Crippen molar-refractivity contribution >= 4 is 30.2 Å². The van der Waals surface area contributed by atoms with E-state index < -0.39 is 84.3 Å². The molecule has 0 unspecified atom stereocenters. The molecule has 1 saturated heterocycles. The van der Waals surface area contributed by atoms with Crippen molar-refractivity contribution in [3.05, 3.63) is 29.3 Å². The number of alkyl halides is 3. The summed E-state index contributed by atoms with van der Waals surface area (Å²) in [6, 6.07) is 2.86. The van der Waals surface area contributed by atoms with E-state index in [1.54, 1.807) is 0 Å². The number of aldehydes is 1. The molecule has 0 aromatic heterocycles. The summed E-state index contributed by atoms with van der Waals surface area (Å²) in [6.07, 6.45) is -12.5. The maximum absolute atomic E-state index is 13.6. The number of esters is 4. The number of nitrogens with zero attached hydrogens (tertiary/aromatic N) is 2. The molecule has 13 nitrogen and oxygen atoms in total. The lowest BCUT2D eigenvalue weighted by Crippen LogP contribution is -2.63. The lowest BCUT2D eigenvalue weighted by Gasteiger charge is -2.44. The number of rotatable bonds is 9. The lowest BCUT2D eigenvalue weighted by molar-refractivity contribution is -0.288. The number of hydrogen-bond acceptors (Lipinski definition) is 13. The highest BCUT2D eigenvalue weighted by Gasteiger charge is 2.65. The van der Waals surface area contributed by atoms with Crippen LogP contribution in [0.15, 0.2) is 28.4 Å². The van der Waals surface area contributed by atoms with Gasteiger partial charge in [-0.25, -0.2) is 0 Å². The normalized spacial score (nSPS) is 25.2. The van der Waals surface area contributed by atoms with E-state index in [0.717, 1.165) is 45.9 Å². The molecule has 0 amide bonds. The Labute approximate surface area is 218 Å². The Balaban J connectivity index is 2.06. The van der Waals surface area contributed by atoms with Gasteiger partial charge in [-0.3, -0.25) is 24.0 Å². The molecule has 0 saturated carbocycles. The highest BCUT2D eigenvalue weighted by Crippen LogP contribution is 2.53. The average molecular weight is 560 g/mol. The monoisotopic (exact) mass is 560 g/mol. The fourth-order valence-electron chi connectivity index (χ4n) is 3.80. The second-order valence-electron chi connectivity index (χ2n) is 8.43. The Hall–Kier alpha value is -4.08. The number of hydrogen-bond donors (Lipinski definition) is 0. The van der Waals surface area contributed by atoms with Gasteiger partial charge in [0.2, 0.25) is 12.4 Å². The van der Waals surface area contributed by atoms with Crippen molar-refractivity contribution in [1.29, 1.82) is 0 Å². The van der Waals surface area contributed by atoms with Crippen molar-refractivity contribution < 1.29 is 65.6 Å². The fraction of sp³-hybridized carbons (Fsp3) is 0.522. The minimum Gasteiger partial charge on any atom is -0.463 e. The van der Waals surface area contributed by atoms with Gasteiger partial charge in [-0.05, 0) is 12.1 Å². The molecule has 0 radical (unpaired) electrons. The molecule has 212 valence electrons. The van der Waals surface area contributed by atoms with Crippen LogP contribution in [0.25, 0.3) is 0 Å². The maximum atomic E-state index is 13.6.